The zero-order valence-corrected chi connectivity index (χ0v) is 10.6. The topological polar surface area (TPSA) is 41.1 Å². The fraction of sp³-hybridized carbons (Fsp3) is 0.462. The molecule has 2 N–H and O–H groups in total. The molecule has 100 valence electrons. The summed E-state index contributed by atoms with van der Waals surface area (Å²) >= 11 is 0. The molecule has 1 aromatic carbocycles. The molecule has 0 heterocycles. The fourth-order valence-electron chi connectivity index (χ4n) is 1.60. The minimum atomic E-state index is -0.899. The lowest BCUT2D eigenvalue weighted by molar-refractivity contribution is -0.121. The lowest BCUT2D eigenvalue weighted by Gasteiger charge is -2.14. The molecule has 0 saturated heterocycles. The largest absolute Gasteiger partial charge is 0.350 e. The highest BCUT2D eigenvalue weighted by molar-refractivity contribution is 5.76. The Kier molecular flexibility index (Phi) is 5.71. The molecule has 0 fully saturated rings. The summed E-state index contributed by atoms with van der Waals surface area (Å²) in [5.41, 5.74) is 0.552. The zero-order valence-electron chi connectivity index (χ0n) is 10.6. The second-order valence-corrected chi connectivity index (χ2v) is 4.17. The Morgan fingerprint density at radius 2 is 2.06 bits per heavy atom. The van der Waals surface area contributed by atoms with Gasteiger partial charge in [-0.2, -0.15) is 0 Å². The van der Waals surface area contributed by atoms with Crippen molar-refractivity contribution in [2.24, 2.45) is 0 Å². The maximum absolute atomic E-state index is 13.0. The Morgan fingerprint density at radius 1 is 1.33 bits per heavy atom. The van der Waals surface area contributed by atoms with E-state index >= 15 is 0 Å². The van der Waals surface area contributed by atoms with Gasteiger partial charge in [0.05, 0.1) is 6.04 Å². The number of hydrogen-bond donors (Lipinski definition) is 2. The van der Waals surface area contributed by atoms with Gasteiger partial charge in [-0.25, -0.2) is 8.78 Å². The molecule has 1 atom stereocenters. The molecular weight excluding hydrogens is 238 g/mol. The number of amides is 1. The molecule has 1 unspecified atom stereocenters. The van der Waals surface area contributed by atoms with Crippen LogP contribution in [0.1, 0.15) is 31.4 Å². The average Bonchev–Trinajstić information content (AvgIpc) is 2.33. The third-order valence-corrected chi connectivity index (χ3v) is 2.65. The predicted octanol–water partition coefficient (Wildman–Crippen LogP) is 2.14. The van der Waals surface area contributed by atoms with Crippen molar-refractivity contribution in [3.63, 3.8) is 0 Å². The zero-order chi connectivity index (χ0) is 13.5. The number of carbonyl (C=O) groups excluding carboxylic acids is 1. The molecule has 5 heteroatoms. The maximum Gasteiger partial charge on any atom is 0.220 e. The van der Waals surface area contributed by atoms with E-state index in [1.54, 1.807) is 6.92 Å². The fourth-order valence-corrected chi connectivity index (χ4v) is 1.60. The smallest absolute Gasteiger partial charge is 0.220 e. The molecule has 0 radical (unpaired) electrons. The highest BCUT2D eigenvalue weighted by atomic mass is 19.2. The monoisotopic (exact) mass is 256 g/mol. The van der Waals surface area contributed by atoms with E-state index in [1.807, 2.05) is 7.05 Å². The highest BCUT2D eigenvalue weighted by Crippen LogP contribution is 2.16. The van der Waals surface area contributed by atoms with Crippen molar-refractivity contribution in [2.45, 2.75) is 25.8 Å². The molecule has 1 aromatic rings. The van der Waals surface area contributed by atoms with E-state index in [4.69, 9.17) is 0 Å². The minimum Gasteiger partial charge on any atom is -0.350 e. The van der Waals surface area contributed by atoms with Crippen LogP contribution in [0.25, 0.3) is 0 Å². The molecule has 0 saturated carbocycles. The third kappa shape index (κ3) is 4.41. The average molecular weight is 256 g/mol. The molecule has 1 amide bonds. The SMILES string of the molecule is CNCCCC(=O)NC(C)c1ccc(F)c(F)c1. The van der Waals surface area contributed by atoms with Gasteiger partial charge in [0, 0.05) is 6.42 Å². The molecule has 0 aliphatic carbocycles. The summed E-state index contributed by atoms with van der Waals surface area (Å²) in [5.74, 6) is -1.88. The molecule has 18 heavy (non-hydrogen) atoms. The van der Waals surface area contributed by atoms with E-state index in [0.717, 1.165) is 25.1 Å². The number of halogens is 2. The number of benzene rings is 1. The van der Waals surface area contributed by atoms with Gasteiger partial charge in [0.15, 0.2) is 11.6 Å². The summed E-state index contributed by atoms with van der Waals surface area (Å²) in [6, 6.07) is 3.31. The van der Waals surface area contributed by atoms with Crippen molar-refractivity contribution in [2.75, 3.05) is 13.6 Å². The van der Waals surface area contributed by atoms with Crippen molar-refractivity contribution in [3.05, 3.63) is 35.4 Å². The van der Waals surface area contributed by atoms with Crippen LogP contribution in [-0.4, -0.2) is 19.5 Å². The van der Waals surface area contributed by atoms with Crippen molar-refractivity contribution in [1.82, 2.24) is 10.6 Å². The normalized spacial score (nSPS) is 12.2. The Hall–Kier alpha value is -1.49. The maximum atomic E-state index is 13.0. The van der Waals surface area contributed by atoms with Crippen molar-refractivity contribution >= 4 is 5.91 Å². The van der Waals surface area contributed by atoms with Gasteiger partial charge in [-0.3, -0.25) is 4.79 Å². The molecule has 0 aliphatic heterocycles. The number of hydrogen-bond acceptors (Lipinski definition) is 2. The van der Waals surface area contributed by atoms with Crippen LogP contribution in [0.4, 0.5) is 8.78 Å². The van der Waals surface area contributed by atoms with Gasteiger partial charge in [-0.1, -0.05) is 6.07 Å². The van der Waals surface area contributed by atoms with Crippen molar-refractivity contribution in [1.29, 1.82) is 0 Å². The Morgan fingerprint density at radius 3 is 2.67 bits per heavy atom. The lowest BCUT2D eigenvalue weighted by Crippen LogP contribution is -2.27. The van der Waals surface area contributed by atoms with Gasteiger partial charge < -0.3 is 10.6 Å². The summed E-state index contributed by atoms with van der Waals surface area (Å²) in [5, 5.41) is 5.70. The number of rotatable bonds is 6. The van der Waals surface area contributed by atoms with Crippen LogP contribution < -0.4 is 10.6 Å². The predicted molar refractivity (Wildman–Crippen MR) is 66.1 cm³/mol. The van der Waals surface area contributed by atoms with Crippen LogP contribution in [0.5, 0.6) is 0 Å². The van der Waals surface area contributed by atoms with E-state index in [2.05, 4.69) is 10.6 Å². The van der Waals surface area contributed by atoms with Crippen LogP contribution in [-0.2, 0) is 4.79 Å². The van der Waals surface area contributed by atoms with E-state index in [0.29, 0.717) is 12.0 Å². The van der Waals surface area contributed by atoms with Crippen molar-refractivity contribution < 1.29 is 13.6 Å². The summed E-state index contributed by atoms with van der Waals surface area (Å²) < 4.78 is 25.8. The Bertz CT molecular complexity index is 410. The Labute approximate surface area is 106 Å². The lowest BCUT2D eigenvalue weighted by atomic mass is 10.1. The molecule has 0 bridgehead atoms. The summed E-state index contributed by atoms with van der Waals surface area (Å²) in [6.45, 7) is 2.51. The van der Waals surface area contributed by atoms with Crippen molar-refractivity contribution in [3.8, 4) is 0 Å². The van der Waals surface area contributed by atoms with Gasteiger partial charge in [0.1, 0.15) is 0 Å². The van der Waals surface area contributed by atoms with E-state index < -0.39 is 11.6 Å². The number of carbonyl (C=O) groups is 1. The summed E-state index contributed by atoms with van der Waals surface area (Å²) in [6.07, 6.45) is 1.15. The molecule has 0 aliphatic rings. The highest BCUT2D eigenvalue weighted by Gasteiger charge is 2.11. The number of nitrogens with one attached hydrogen (secondary N) is 2. The van der Waals surface area contributed by atoms with E-state index in [-0.39, 0.29) is 11.9 Å². The molecule has 0 spiro atoms. The second kappa shape index (κ2) is 7.06. The van der Waals surface area contributed by atoms with E-state index in [1.165, 1.54) is 6.07 Å². The van der Waals surface area contributed by atoms with Crippen LogP contribution in [0.2, 0.25) is 0 Å². The van der Waals surface area contributed by atoms with Gasteiger partial charge in [0.25, 0.3) is 0 Å². The first-order valence-corrected chi connectivity index (χ1v) is 5.93. The first-order valence-electron chi connectivity index (χ1n) is 5.93. The Balaban J connectivity index is 2.51. The summed E-state index contributed by atoms with van der Waals surface area (Å²) in [7, 11) is 1.82. The van der Waals surface area contributed by atoms with Crippen LogP contribution in [0.3, 0.4) is 0 Å². The quantitative estimate of drug-likeness (QED) is 0.766. The van der Waals surface area contributed by atoms with Crippen LogP contribution in [0.15, 0.2) is 18.2 Å². The van der Waals surface area contributed by atoms with Crippen LogP contribution >= 0.6 is 0 Å². The van der Waals surface area contributed by atoms with E-state index in [9.17, 15) is 13.6 Å². The molecule has 1 rings (SSSR count). The molecule has 3 nitrogen and oxygen atoms in total. The van der Waals surface area contributed by atoms with Crippen LogP contribution in [0, 0.1) is 11.6 Å². The second-order valence-electron chi connectivity index (χ2n) is 4.17. The molecular formula is C13H18F2N2O. The van der Waals surface area contributed by atoms with Gasteiger partial charge in [-0.05, 0) is 44.6 Å². The van der Waals surface area contributed by atoms with Gasteiger partial charge in [0.2, 0.25) is 5.91 Å². The van der Waals surface area contributed by atoms with Gasteiger partial charge in [-0.15, -0.1) is 0 Å². The first kappa shape index (κ1) is 14.6. The molecule has 0 aromatic heterocycles. The first-order chi connectivity index (χ1) is 8.54. The standard InChI is InChI=1S/C13H18F2N2O/c1-9(17-13(18)4-3-7-16-2)10-5-6-11(14)12(15)8-10/h5-6,8-9,16H,3-4,7H2,1-2H3,(H,17,18). The minimum absolute atomic E-state index is 0.0949. The summed E-state index contributed by atoms with van der Waals surface area (Å²) in [4.78, 5) is 11.5. The van der Waals surface area contributed by atoms with Gasteiger partial charge >= 0.3 is 0 Å². The third-order valence-electron chi connectivity index (χ3n) is 2.65.